The molecule has 2 heterocycles. The van der Waals surface area contributed by atoms with Crippen LogP contribution in [0.4, 0.5) is 0 Å². The quantitative estimate of drug-likeness (QED) is 0.168. The molecule has 0 amide bonds. The highest BCUT2D eigenvalue weighted by Crippen LogP contribution is 2.20. The van der Waals surface area contributed by atoms with Crippen molar-refractivity contribution in [2.45, 2.75) is 129 Å². The van der Waals surface area contributed by atoms with Gasteiger partial charge in [0.1, 0.15) is 10.8 Å². The number of aromatic nitrogens is 5. The minimum absolute atomic E-state index is 0.629. The van der Waals surface area contributed by atoms with E-state index < -0.39 is 0 Å². The van der Waals surface area contributed by atoms with Gasteiger partial charge in [0.15, 0.2) is 0 Å². The van der Waals surface area contributed by atoms with Gasteiger partial charge in [0.2, 0.25) is 9.90 Å². The van der Waals surface area contributed by atoms with Gasteiger partial charge in [-0.3, -0.25) is 5.10 Å². The maximum Gasteiger partial charge on any atom is 0.220 e. The normalized spacial score (nSPS) is 11.4. The topological polar surface area (TPSA) is 59.4 Å². The number of hydrogen-bond donors (Lipinski definition) is 1. The number of rotatable bonds is 19. The molecule has 176 valence electrons. The monoisotopic (exact) mass is 465 g/mol. The van der Waals surface area contributed by atoms with Crippen LogP contribution in [0.3, 0.4) is 0 Å². The molecule has 5 nitrogen and oxygen atoms in total. The Morgan fingerprint density at radius 2 is 1.23 bits per heavy atom. The molecule has 0 aliphatic heterocycles. The maximum absolute atomic E-state index is 5.48. The second-order valence-electron chi connectivity index (χ2n) is 8.71. The highest BCUT2D eigenvalue weighted by molar-refractivity contribution is 7.71. The van der Waals surface area contributed by atoms with E-state index >= 15 is 0 Å². The van der Waals surface area contributed by atoms with Crippen molar-refractivity contribution in [2.75, 3.05) is 0 Å². The van der Waals surface area contributed by atoms with Gasteiger partial charge in [-0.25, -0.2) is 4.57 Å². The molecule has 2 rings (SSSR count). The van der Waals surface area contributed by atoms with E-state index in [9.17, 15) is 0 Å². The van der Waals surface area contributed by atoms with Crippen LogP contribution in [0, 0.1) is 4.77 Å². The Hall–Kier alpha value is -1.08. The molecule has 0 bridgehead atoms. The Morgan fingerprint density at radius 1 is 0.710 bits per heavy atom. The lowest BCUT2D eigenvalue weighted by Gasteiger charge is -2.03. The lowest BCUT2D eigenvalue weighted by molar-refractivity contribution is 0.561. The van der Waals surface area contributed by atoms with Gasteiger partial charge in [-0.1, -0.05) is 115 Å². The van der Waals surface area contributed by atoms with E-state index in [1.807, 2.05) is 4.57 Å². The second-order valence-corrected chi connectivity index (χ2v) is 10.1. The molecule has 0 saturated heterocycles. The largest absolute Gasteiger partial charge is 0.251 e. The SMILES string of the molecule is CCCCCCCCCCCc1n[nH]c(=S)n1-c1nnc(CCCCCCCCC)s1. The van der Waals surface area contributed by atoms with Crippen molar-refractivity contribution < 1.29 is 0 Å². The molecule has 7 heteroatoms. The van der Waals surface area contributed by atoms with Gasteiger partial charge in [-0.05, 0) is 25.1 Å². The second kappa shape index (κ2) is 16.5. The highest BCUT2D eigenvalue weighted by Gasteiger charge is 2.13. The zero-order chi connectivity index (χ0) is 22.2. The van der Waals surface area contributed by atoms with Crippen molar-refractivity contribution in [1.82, 2.24) is 25.0 Å². The first-order valence-corrected chi connectivity index (χ1v) is 14.0. The third-order valence-electron chi connectivity index (χ3n) is 5.89. The zero-order valence-electron chi connectivity index (χ0n) is 19.8. The van der Waals surface area contributed by atoms with E-state index in [0.717, 1.165) is 35.2 Å². The maximum atomic E-state index is 5.48. The first kappa shape index (κ1) is 26.2. The fourth-order valence-corrected chi connectivity index (χ4v) is 5.16. The fraction of sp³-hybridized carbons (Fsp3) is 0.833. The van der Waals surface area contributed by atoms with Crippen LogP contribution in [0.25, 0.3) is 5.13 Å². The predicted molar refractivity (Wildman–Crippen MR) is 135 cm³/mol. The number of nitrogens with one attached hydrogen (secondary N) is 1. The summed E-state index contributed by atoms with van der Waals surface area (Å²) in [5, 5.41) is 18.2. The molecule has 0 spiro atoms. The van der Waals surface area contributed by atoms with Gasteiger partial charge >= 0.3 is 0 Å². The van der Waals surface area contributed by atoms with E-state index in [4.69, 9.17) is 12.2 Å². The molecule has 0 atom stereocenters. The number of aromatic amines is 1. The average Bonchev–Trinajstić information content (AvgIpc) is 3.38. The third kappa shape index (κ3) is 10.4. The van der Waals surface area contributed by atoms with Crippen molar-refractivity contribution >= 4 is 23.6 Å². The van der Waals surface area contributed by atoms with Crippen LogP contribution in [0.5, 0.6) is 0 Å². The summed E-state index contributed by atoms with van der Waals surface area (Å²) in [6.07, 6.45) is 23.2. The number of hydrogen-bond acceptors (Lipinski definition) is 5. The number of unbranched alkanes of at least 4 members (excludes halogenated alkanes) is 14. The van der Waals surface area contributed by atoms with E-state index in [-0.39, 0.29) is 0 Å². The minimum Gasteiger partial charge on any atom is -0.251 e. The standard InChI is InChI=1S/C24H43N5S2/c1-3-5-7-9-11-12-14-15-17-19-21-25-27-23(30)29(21)24-28-26-22(31-24)20-18-16-13-10-8-6-4-2/h3-20H2,1-2H3,(H,27,30). The summed E-state index contributed by atoms with van der Waals surface area (Å²) in [7, 11) is 0. The lowest BCUT2D eigenvalue weighted by Crippen LogP contribution is -2.01. The van der Waals surface area contributed by atoms with Gasteiger partial charge in [-0.15, -0.1) is 10.2 Å². The molecule has 0 saturated carbocycles. The third-order valence-corrected chi connectivity index (χ3v) is 7.13. The van der Waals surface area contributed by atoms with Gasteiger partial charge in [0.05, 0.1) is 0 Å². The lowest BCUT2D eigenvalue weighted by atomic mass is 10.1. The summed E-state index contributed by atoms with van der Waals surface area (Å²) in [6, 6.07) is 0. The molecule has 1 N–H and O–H groups in total. The summed E-state index contributed by atoms with van der Waals surface area (Å²) in [5.41, 5.74) is 0. The van der Waals surface area contributed by atoms with Crippen LogP contribution in [0.2, 0.25) is 0 Å². The van der Waals surface area contributed by atoms with Gasteiger partial charge in [0.25, 0.3) is 0 Å². The fourth-order valence-electron chi connectivity index (χ4n) is 3.96. The Bertz CT molecular complexity index is 749. The Kier molecular flexibility index (Phi) is 14.0. The summed E-state index contributed by atoms with van der Waals surface area (Å²) >= 11 is 7.14. The van der Waals surface area contributed by atoms with E-state index in [1.54, 1.807) is 11.3 Å². The molecule has 0 fully saturated rings. The Morgan fingerprint density at radius 3 is 1.81 bits per heavy atom. The smallest absolute Gasteiger partial charge is 0.220 e. The van der Waals surface area contributed by atoms with Crippen LogP contribution in [-0.4, -0.2) is 25.0 Å². The van der Waals surface area contributed by atoms with Crippen molar-refractivity contribution in [3.8, 4) is 5.13 Å². The zero-order valence-corrected chi connectivity index (χ0v) is 21.5. The van der Waals surface area contributed by atoms with Crippen molar-refractivity contribution in [2.24, 2.45) is 0 Å². The van der Waals surface area contributed by atoms with Gasteiger partial charge in [-0.2, -0.15) is 5.10 Å². The molecule has 0 aliphatic carbocycles. The number of nitrogens with zero attached hydrogens (tertiary/aromatic N) is 4. The van der Waals surface area contributed by atoms with Crippen molar-refractivity contribution in [3.05, 3.63) is 15.6 Å². The molecule has 0 unspecified atom stereocenters. The van der Waals surface area contributed by atoms with Crippen molar-refractivity contribution in [1.29, 1.82) is 0 Å². The van der Waals surface area contributed by atoms with Gasteiger partial charge in [0, 0.05) is 12.8 Å². The molecule has 0 radical (unpaired) electrons. The Balaban J connectivity index is 1.70. The molecule has 31 heavy (non-hydrogen) atoms. The number of H-pyrrole nitrogens is 1. The predicted octanol–water partition coefficient (Wildman–Crippen LogP) is 8.15. The van der Waals surface area contributed by atoms with E-state index in [0.29, 0.717) is 4.77 Å². The minimum atomic E-state index is 0.629. The van der Waals surface area contributed by atoms with Crippen LogP contribution >= 0.6 is 23.6 Å². The van der Waals surface area contributed by atoms with Crippen LogP contribution < -0.4 is 0 Å². The molecule has 2 aromatic rings. The highest BCUT2D eigenvalue weighted by atomic mass is 32.1. The van der Waals surface area contributed by atoms with Crippen molar-refractivity contribution in [3.63, 3.8) is 0 Å². The summed E-state index contributed by atoms with van der Waals surface area (Å²) in [5.74, 6) is 0.992. The van der Waals surface area contributed by atoms with Gasteiger partial charge < -0.3 is 0 Å². The first-order chi connectivity index (χ1) is 15.3. The Labute approximate surface area is 198 Å². The van der Waals surface area contributed by atoms with Crippen LogP contribution in [0.1, 0.15) is 127 Å². The summed E-state index contributed by atoms with van der Waals surface area (Å²) < 4.78 is 2.62. The molecule has 0 aromatic carbocycles. The molecular weight excluding hydrogens is 422 g/mol. The summed E-state index contributed by atoms with van der Waals surface area (Å²) in [4.78, 5) is 0. The number of aryl methyl sites for hydroxylation is 2. The van der Waals surface area contributed by atoms with Crippen LogP contribution in [0.15, 0.2) is 0 Å². The van der Waals surface area contributed by atoms with E-state index in [1.165, 1.54) is 96.3 Å². The summed E-state index contributed by atoms with van der Waals surface area (Å²) in [6.45, 7) is 4.54. The molecular formula is C24H43N5S2. The van der Waals surface area contributed by atoms with E-state index in [2.05, 4.69) is 34.2 Å². The molecule has 0 aliphatic rings. The molecule has 2 aromatic heterocycles. The first-order valence-electron chi connectivity index (χ1n) is 12.7. The average molecular weight is 466 g/mol. The van der Waals surface area contributed by atoms with Crippen LogP contribution in [-0.2, 0) is 12.8 Å².